The Morgan fingerprint density at radius 1 is 1.24 bits per heavy atom. The molecule has 130 valence electrons. The number of aliphatic carboxylic acids is 1. The first-order chi connectivity index (χ1) is 12.0. The predicted molar refractivity (Wildman–Crippen MR) is 96.6 cm³/mol. The van der Waals surface area contributed by atoms with Gasteiger partial charge in [0.1, 0.15) is 11.6 Å². The number of carbonyl (C=O) groups is 2. The second kappa shape index (κ2) is 9.03. The summed E-state index contributed by atoms with van der Waals surface area (Å²) in [5, 5.41) is 8.72. The van der Waals surface area contributed by atoms with Crippen molar-refractivity contribution >= 4 is 29.6 Å². The van der Waals surface area contributed by atoms with Gasteiger partial charge in [0, 0.05) is 16.9 Å². The molecular formula is C19H17FO4S. The number of carboxylic acid groups (broad SMARTS) is 1. The number of ketones is 1. The number of carboxylic acids is 1. The molecule has 0 aliphatic carbocycles. The molecule has 0 radical (unpaired) electrons. The molecule has 2 rings (SSSR count). The highest BCUT2D eigenvalue weighted by atomic mass is 32.2. The van der Waals surface area contributed by atoms with Gasteiger partial charge in [-0.2, -0.15) is 0 Å². The molecule has 0 fully saturated rings. The number of benzene rings is 2. The van der Waals surface area contributed by atoms with Crippen LogP contribution in [0.5, 0.6) is 5.75 Å². The van der Waals surface area contributed by atoms with E-state index in [1.54, 1.807) is 36.4 Å². The third-order valence-corrected chi connectivity index (χ3v) is 4.29. The van der Waals surface area contributed by atoms with Gasteiger partial charge in [0.2, 0.25) is 0 Å². The van der Waals surface area contributed by atoms with E-state index in [0.717, 1.165) is 5.56 Å². The Balaban J connectivity index is 2.14. The Morgan fingerprint density at radius 3 is 2.72 bits per heavy atom. The lowest BCUT2D eigenvalue weighted by atomic mass is 10.1. The first-order valence-electron chi connectivity index (χ1n) is 7.44. The second-order valence-corrected chi connectivity index (χ2v) is 6.15. The summed E-state index contributed by atoms with van der Waals surface area (Å²) in [6.07, 6.45) is 2.93. The molecule has 1 N–H and O–H groups in total. The number of rotatable bonds is 8. The van der Waals surface area contributed by atoms with Gasteiger partial charge in [-0.05, 0) is 42.0 Å². The van der Waals surface area contributed by atoms with E-state index in [2.05, 4.69) is 0 Å². The van der Waals surface area contributed by atoms with Gasteiger partial charge >= 0.3 is 5.97 Å². The van der Waals surface area contributed by atoms with Crippen LogP contribution < -0.4 is 4.74 Å². The summed E-state index contributed by atoms with van der Waals surface area (Å²) in [5.74, 6) is -0.490. The molecule has 0 aliphatic heterocycles. The molecule has 2 aromatic carbocycles. The van der Waals surface area contributed by atoms with E-state index in [1.807, 2.05) is 0 Å². The third-order valence-electron chi connectivity index (χ3n) is 3.32. The van der Waals surface area contributed by atoms with Gasteiger partial charge in [-0.1, -0.05) is 18.2 Å². The number of halogens is 1. The molecular weight excluding hydrogens is 343 g/mol. The third kappa shape index (κ3) is 5.76. The van der Waals surface area contributed by atoms with E-state index < -0.39 is 5.97 Å². The topological polar surface area (TPSA) is 63.6 Å². The maximum Gasteiger partial charge on any atom is 0.313 e. The molecule has 4 nitrogen and oxygen atoms in total. The summed E-state index contributed by atoms with van der Waals surface area (Å²) >= 11 is 1.23. The first kappa shape index (κ1) is 18.7. The minimum atomic E-state index is -0.894. The van der Waals surface area contributed by atoms with Crippen LogP contribution in [0.1, 0.15) is 21.5 Å². The predicted octanol–water partition coefficient (Wildman–Crippen LogP) is 4.05. The molecule has 0 aromatic heterocycles. The number of methoxy groups -OCH3 is 1. The van der Waals surface area contributed by atoms with Crippen molar-refractivity contribution in [1.82, 2.24) is 0 Å². The summed E-state index contributed by atoms with van der Waals surface area (Å²) in [6, 6.07) is 11.0. The molecule has 0 atom stereocenters. The van der Waals surface area contributed by atoms with Crippen LogP contribution in [0.3, 0.4) is 0 Å². The molecule has 0 unspecified atom stereocenters. The fourth-order valence-electron chi connectivity index (χ4n) is 2.17. The van der Waals surface area contributed by atoms with E-state index in [1.165, 1.54) is 37.1 Å². The Hall–Kier alpha value is -2.60. The maximum absolute atomic E-state index is 13.1. The Morgan fingerprint density at radius 2 is 2.04 bits per heavy atom. The van der Waals surface area contributed by atoms with Crippen LogP contribution >= 0.6 is 11.8 Å². The zero-order valence-corrected chi connectivity index (χ0v) is 14.4. The van der Waals surface area contributed by atoms with Gasteiger partial charge in [-0.25, -0.2) is 4.39 Å². The van der Waals surface area contributed by atoms with E-state index in [-0.39, 0.29) is 17.4 Å². The summed E-state index contributed by atoms with van der Waals surface area (Å²) in [5.41, 5.74) is 1.80. The Kier molecular flexibility index (Phi) is 6.77. The van der Waals surface area contributed by atoms with Crippen molar-refractivity contribution in [2.24, 2.45) is 0 Å². The van der Waals surface area contributed by atoms with Crippen LogP contribution in [0.25, 0.3) is 6.08 Å². The van der Waals surface area contributed by atoms with Gasteiger partial charge in [-0.3, -0.25) is 9.59 Å². The maximum atomic E-state index is 13.1. The van der Waals surface area contributed by atoms with E-state index in [0.29, 0.717) is 22.6 Å². The van der Waals surface area contributed by atoms with Crippen LogP contribution in [0.4, 0.5) is 4.39 Å². The van der Waals surface area contributed by atoms with Crippen molar-refractivity contribution in [2.75, 3.05) is 12.9 Å². The first-order valence-corrected chi connectivity index (χ1v) is 8.59. The highest BCUT2D eigenvalue weighted by Crippen LogP contribution is 2.25. The Labute approximate surface area is 149 Å². The molecule has 0 bridgehead atoms. The van der Waals surface area contributed by atoms with Crippen LogP contribution in [0.15, 0.2) is 48.5 Å². The van der Waals surface area contributed by atoms with Gasteiger partial charge in [0.15, 0.2) is 5.78 Å². The number of thioether (sulfide) groups is 1. The Bertz CT molecular complexity index is 802. The van der Waals surface area contributed by atoms with Crippen molar-refractivity contribution in [1.29, 1.82) is 0 Å². The van der Waals surface area contributed by atoms with Crippen LogP contribution in [0, 0.1) is 5.82 Å². The van der Waals surface area contributed by atoms with Gasteiger partial charge < -0.3 is 9.84 Å². The molecule has 0 spiro atoms. The summed E-state index contributed by atoms with van der Waals surface area (Å²) < 4.78 is 18.4. The van der Waals surface area contributed by atoms with Crippen molar-refractivity contribution in [2.45, 2.75) is 5.75 Å². The molecule has 25 heavy (non-hydrogen) atoms. The van der Waals surface area contributed by atoms with Crippen molar-refractivity contribution in [3.63, 3.8) is 0 Å². The van der Waals surface area contributed by atoms with Crippen molar-refractivity contribution in [3.05, 3.63) is 71.0 Å². The smallest absolute Gasteiger partial charge is 0.313 e. The summed E-state index contributed by atoms with van der Waals surface area (Å²) in [7, 11) is 1.52. The van der Waals surface area contributed by atoms with Crippen LogP contribution in [-0.2, 0) is 10.5 Å². The number of ether oxygens (including phenoxy) is 1. The van der Waals surface area contributed by atoms with E-state index in [4.69, 9.17) is 9.84 Å². The number of hydrogen-bond acceptors (Lipinski definition) is 4. The minimum absolute atomic E-state index is 0.0270. The van der Waals surface area contributed by atoms with Crippen molar-refractivity contribution in [3.8, 4) is 5.75 Å². The lowest BCUT2D eigenvalue weighted by molar-refractivity contribution is -0.133. The zero-order chi connectivity index (χ0) is 18.2. The molecule has 0 saturated carbocycles. The highest BCUT2D eigenvalue weighted by Gasteiger charge is 2.09. The molecule has 6 heteroatoms. The number of carbonyl (C=O) groups excluding carboxylic acids is 1. The summed E-state index contributed by atoms with van der Waals surface area (Å²) in [6.45, 7) is 0. The monoisotopic (exact) mass is 360 g/mol. The molecule has 0 aliphatic rings. The zero-order valence-electron chi connectivity index (χ0n) is 13.6. The lowest BCUT2D eigenvalue weighted by Crippen LogP contribution is -2.01. The van der Waals surface area contributed by atoms with Gasteiger partial charge in [0.05, 0.1) is 12.9 Å². The second-order valence-electron chi connectivity index (χ2n) is 5.17. The average Bonchev–Trinajstić information content (AvgIpc) is 2.59. The molecule has 0 amide bonds. The van der Waals surface area contributed by atoms with E-state index >= 15 is 0 Å². The van der Waals surface area contributed by atoms with Crippen molar-refractivity contribution < 1.29 is 23.8 Å². The molecule has 0 saturated heterocycles. The standard InChI is InChI=1S/C19H17FO4S/c1-24-18-8-6-14(10-15(18)11-25-12-19(22)23)17(21)7-5-13-3-2-4-16(20)9-13/h2-10H,11-12H2,1H3,(H,22,23). The normalized spacial score (nSPS) is 10.8. The fraction of sp³-hybridized carbons (Fsp3) is 0.158. The SMILES string of the molecule is COc1ccc(C(=O)C=Cc2cccc(F)c2)cc1CSCC(=O)O. The number of hydrogen-bond donors (Lipinski definition) is 1. The number of allylic oxidation sites excluding steroid dienone is 1. The van der Waals surface area contributed by atoms with Gasteiger partial charge in [-0.15, -0.1) is 11.8 Å². The van der Waals surface area contributed by atoms with E-state index in [9.17, 15) is 14.0 Å². The van der Waals surface area contributed by atoms with Gasteiger partial charge in [0.25, 0.3) is 0 Å². The average molecular weight is 360 g/mol. The molecule has 2 aromatic rings. The van der Waals surface area contributed by atoms with Crippen LogP contribution in [-0.4, -0.2) is 29.7 Å². The van der Waals surface area contributed by atoms with Crippen LogP contribution in [0.2, 0.25) is 0 Å². The summed E-state index contributed by atoms with van der Waals surface area (Å²) in [4.78, 5) is 22.9. The lowest BCUT2D eigenvalue weighted by Gasteiger charge is -2.09. The quantitative estimate of drug-likeness (QED) is 0.568. The largest absolute Gasteiger partial charge is 0.496 e. The minimum Gasteiger partial charge on any atom is -0.496 e. The molecule has 0 heterocycles. The fourth-order valence-corrected chi connectivity index (χ4v) is 2.89. The highest BCUT2D eigenvalue weighted by molar-refractivity contribution is 7.99.